The first-order chi connectivity index (χ1) is 9.61. The van der Waals surface area contributed by atoms with E-state index in [1.807, 2.05) is 12.1 Å². The lowest BCUT2D eigenvalue weighted by atomic mass is 10.1. The number of rotatable bonds is 5. The van der Waals surface area contributed by atoms with Crippen LogP contribution in [0, 0.1) is 11.6 Å². The predicted molar refractivity (Wildman–Crippen MR) is 72.8 cm³/mol. The van der Waals surface area contributed by atoms with Gasteiger partial charge in [0.25, 0.3) is 0 Å². The van der Waals surface area contributed by atoms with E-state index in [2.05, 4.69) is 5.32 Å². The maximum Gasteiger partial charge on any atom is 0.141 e. The first-order valence-corrected chi connectivity index (χ1v) is 6.11. The molecule has 0 aliphatic heterocycles. The molecule has 0 aliphatic rings. The molecule has 0 aromatic heterocycles. The molecule has 0 bridgehead atoms. The highest BCUT2D eigenvalue weighted by molar-refractivity contribution is 5.56. The smallest absolute Gasteiger partial charge is 0.141 e. The van der Waals surface area contributed by atoms with Crippen LogP contribution in [0.15, 0.2) is 42.5 Å². The minimum atomic E-state index is -1.08. The Hall–Kier alpha value is -2.14. The molecule has 0 radical (unpaired) electrons. The van der Waals surface area contributed by atoms with Crippen LogP contribution in [-0.4, -0.2) is 18.8 Å². The summed E-state index contributed by atoms with van der Waals surface area (Å²) >= 11 is 0. The first-order valence-electron chi connectivity index (χ1n) is 6.11. The van der Waals surface area contributed by atoms with Crippen LogP contribution in [0.4, 0.5) is 14.5 Å². The zero-order chi connectivity index (χ0) is 14.5. The number of benzene rings is 2. The normalized spacial score (nSPS) is 12.0. The Bertz CT molecular complexity index is 590. The number of aliphatic hydroxyl groups excluding tert-OH is 1. The minimum absolute atomic E-state index is 0.0498. The van der Waals surface area contributed by atoms with E-state index in [1.165, 1.54) is 13.2 Å². The van der Waals surface area contributed by atoms with Crippen LogP contribution < -0.4 is 10.1 Å². The molecule has 1 atom stereocenters. The van der Waals surface area contributed by atoms with Crippen molar-refractivity contribution in [3.8, 4) is 5.75 Å². The zero-order valence-corrected chi connectivity index (χ0v) is 10.9. The van der Waals surface area contributed by atoms with Gasteiger partial charge < -0.3 is 15.2 Å². The number of para-hydroxylation sites is 2. The third kappa shape index (κ3) is 3.24. The average Bonchev–Trinajstić information content (AvgIpc) is 2.45. The number of aliphatic hydroxyl groups is 1. The molecule has 1 unspecified atom stereocenters. The molecule has 0 heterocycles. The largest absolute Gasteiger partial charge is 0.495 e. The van der Waals surface area contributed by atoms with E-state index in [0.717, 1.165) is 12.1 Å². The average molecular weight is 279 g/mol. The van der Waals surface area contributed by atoms with E-state index in [-0.39, 0.29) is 12.1 Å². The summed E-state index contributed by atoms with van der Waals surface area (Å²) in [6.07, 6.45) is -1.08. The monoisotopic (exact) mass is 279 g/mol. The summed E-state index contributed by atoms with van der Waals surface area (Å²) in [6.45, 7) is 0.0862. The predicted octanol–water partition coefficient (Wildman–Crippen LogP) is 3.12. The summed E-state index contributed by atoms with van der Waals surface area (Å²) in [5, 5.41) is 12.9. The highest BCUT2D eigenvalue weighted by atomic mass is 19.1. The molecular weight excluding hydrogens is 264 g/mol. The van der Waals surface area contributed by atoms with Crippen molar-refractivity contribution in [2.24, 2.45) is 0 Å². The second-order valence-electron chi connectivity index (χ2n) is 4.26. The van der Waals surface area contributed by atoms with E-state index < -0.39 is 17.7 Å². The summed E-state index contributed by atoms with van der Waals surface area (Å²) in [6, 6.07) is 10.3. The van der Waals surface area contributed by atoms with Gasteiger partial charge in [-0.15, -0.1) is 0 Å². The van der Waals surface area contributed by atoms with Crippen molar-refractivity contribution in [3.05, 3.63) is 59.7 Å². The van der Waals surface area contributed by atoms with E-state index in [4.69, 9.17) is 4.74 Å². The Labute approximate surface area is 115 Å². The molecular formula is C15H15F2NO2. The van der Waals surface area contributed by atoms with E-state index in [1.54, 1.807) is 12.1 Å². The molecule has 2 rings (SSSR count). The summed E-state index contributed by atoms with van der Waals surface area (Å²) in [7, 11) is 1.54. The number of methoxy groups -OCH3 is 1. The third-order valence-corrected chi connectivity index (χ3v) is 2.91. The van der Waals surface area contributed by atoms with Crippen molar-refractivity contribution in [1.29, 1.82) is 0 Å². The fourth-order valence-electron chi connectivity index (χ4n) is 1.88. The third-order valence-electron chi connectivity index (χ3n) is 2.91. The Morgan fingerprint density at radius 2 is 1.95 bits per heavy atom. The van der Waals surface area contributed by atoms with Crippen molar-refractivity contribution in [2.75, 3.05) is 19.0 Å². The van der Waals surface area contributed by atoms with Gasteiger partial charge in [0.05, 0.1) is 18.9 Å². The molecule has 106 valence electrons. The zero-order valence-electron chi connectivity index (χ0n) is 10.9. The topological polar surface area (TPSA) is 41.5 Å². The summed E-state index contributed by atoms with van der Waals surface area (Å²) in [5.74, 6) is -0.810. The van der Waals surface area contributed by atoms with Gasteiger partial charge in [0.15, 0.2) is 0 Å². The molecule has 2 aromatic carbocycles. The van der Waals surface area contributed by atoms with Crippen LogP contribution in [-0.2, 0) is 0 Å². The van der Waals surface area contributed by atoms with Gasteiger partial charge in [0.2, 0.25) is 0 Å². The van der Waals surface area contributed by atoms with E-state index >= 15 is 0 Å². The minimum Gasteiger partial charge on any atom is -0.495 e. The van der Waals surface area contributed by atoms with Crippen LogP contribution in [0.2, 0.25) is 0 Å². The molecule has 3 nitrogen and oxygen atoms in total. The molecule has 0 spiro atoms. The molecule has 0 aliphatic carbocycles. The van der Waals surface area contributed by atoms with Gasteiger partial charge in [-0.2, -0.15) is 0 Å². The quantitative estimate of drug-likeness (QED) is 0.883. The second kappa shape index (κ2) is 6.34. The van der Waals surface area contributed by atoms with Crippen molar-refractivity contribution in [2.45, 2.75) is 6.10 Å². The van der Waals surface area contributed by atoms with Crippen molar-refractivity contribution in [3.63, 3.8) is 0 Å². The van der Waals surface area contributed by atoms with Crippen molar-refractivity contribution < 1.29 is 18.6 Å². The Morgan fingerprint density at radius 1 is 1.20 bits per heavy atom. The fourth-order valence-corrected chi connectivity index (χ4v) is 1.88. The molecule has 0 saturated carbocycles. The highest BCUT2D eigenvalue weighted by Gasteiger charge is 2.14. The molecule has 5 heteroatoms. The molecule has 0 saturated heterocycles. The van der Waals surface area contributed by atoms with Gasteiger partial charge in [-0.1, -0.05) is 18.2 Å². The fraction of sp³-hybridized carbons (Fsp3) is 0.200. The van der Waals surface area contributed by atoms with Crippen LogP contribution >= 0.6 is 0 Å². The van der Waals surface area contributed by atoms with Gasteiger partial charge >= 0.3 is 0 Å². The van der Waals surface area contributed by atoms with Gasteiger partial charge in [-0.3, -0.25) is 0 Å². The van der Waals surface area contributed by atoms with Gasteiger partial charge in [-0.25, -0.2) is 8.78 Å². The molecule has 0 fully saturated rings. The van der Waals surface area contributed by atoms with Gasteiger partial charge in [-0.05, 0) is 18.2 Å². The number of hydrogen-bond donors (Lipinski definition) is 2. The van der Waals surface area contributed by atoms with E-state index in [0.29, 0.717) is 11.4 Å². The van der Waals surface area contributed by atoms with Crippen molar-refractivity contribution in [1.82, 2.24) is 0 Å². The number of hydrogen-bond acceptors (Lipinski definition) is 3. The highest BCUT2D eigenvalue weighted by Crippen LogP contribution is 2.25. The summed E-state index contributed by atoms with van der Waals surface area (Å²) in [5.41, 5.74) is 0.741. The lowest BCUT2D eigenvalue weighted by molar-refractivity contribution is 0.186. The van der Waals surface area contributed by atoms with Crippen molar-refractivity contribution >= 4 is 5.69 Å². The number of anilines is 1. The van der Waals surface area contributed by atoms with Gasteiger partial charge in [0.1, 0.15) is 17.4 Å². The number of nitrogens with one attached hydrogen (secondary N) is 1. The van der Waals surface area contributed by atoms with Crippen LogP contribution in [0.1, 0.15) is 11.7 Å². The molecule has 0 amide bonds. The number of halogens is 2. The SMILES string of the molecule is COc1ccccc1NCC(O)c1ccc(F)cc1F. The second-order valence-corrected chi connectivity index (χ2v) is 4.26. The summed E-state index contributed by atoms with van der Waals surface area (Å²) in [4.78, 5) is 0. The Morgan fingerprint density at radius 3 is 2.65 bits per heavy atom. The standard InChI is InChI=1S/C15H15F2NO2/c1-20-15-5-3-2-4-13(15)18-9-14(19)11-7-6-10(16)8-12(11)17/h2-8,14,18-19H,9H2,1H3. The Balaban J connectivity index is 2.06. The molecule has 2 aromatic rings. The molecule has 2 N–H and O–H groups in total. The number of ether oxygens (including phenoxy) is 1. The van der Waals surface area contributed by atoms with Gasteiger partial charge in [0, 0.05) is 18.2 Å². The first kappa shape index (κ1) is 14.3. The lowest BCUT2D eigenvalue weighted by Crippen LogP contribution is -2.14. The summed E-state index contributed by atoms with van der Waals surface area (Å²) < 4.78 is 31.5. The van der Waals surface area contributed by atoms with Crippen LogP contribution in [0.25, 0.3) is 0 Å². The maximum absolute atomic E-state index is 13.5. The molecule has 20 heavy (non-hydrogen) atoms. The maximum atomic E-state index is 13.5. The van der Waals surface area contributed by atoms with Crippen LogP contribution in [0.3, 0.4) is 0 Å². The Kier molecular flexibility index (Phi) is 4.53. The van der Waals surface area contributed by atoms with Crippen LogP contribution in [0.5, 0.6) is 5.75 Å². The lowest BCUT2D eigenvalue weighted by Gasteiger charge is -2.15. The van der Waals surface area contributed by atoms with E-state index in [9.17, 15) is 13.9 Å².